The molecule has 2 aliphatic heterocycles. The summed E-state index contributed by atoms with van der Waals surface area (Å²) in [5.74, 6) is -0.105. The van der Waals surface area contributed by atoms with Crippen LogP contribution in [0.2, 0.25) is 0 Å². The molecule has 2 heterocycles. The third-order valence-electron chi connectivity index (χ3n) is 5.43. The van der Waals surface area contributed by atoms with Crippen LogP contribution in [0.25, 0.3) is 0 Å². The highest BCUT2D eigenvalue weighted by Gasteiger charge is 2.26. The predicted octanol–water partition coefficient (Wildman–Crippen LogP) is 2.31. The molecule has 5 nitrogen and oxygen atoms in total. The monoisotopic (exact) mass is 361 g/mol. The van der Waals surface area contributed by atoms with Crippen molar-refractivity contribution < 1.29 is 14.0 Å². The number of halogens is 1. The molecule has 2 fully saturated rings. The fourth-order valence-electron chi connectivity index (χ4n) is 3.92. The van der Waals surface area contributed by atoms with Crippen molar-refractivity contribution in [1.82, 2.24) is 15.1 Å². The first-order valence-electron chi connectivity index (χ1n) is 9.65. The molecule has 0 aliphatic carbocycles. The first-order valence-corrected chi connectivity index (χ1v) is 9.65. The van der Waals surface area contributed by atoms with Crippen molar-refractivity contribution in [2.24, 2.45) is 0 Å². The van der Waals surface area contributed by atoms with Crippen molar-refractivity contribution in [3.8, 4) is 0 Å². The topological polar surface area (TPSA) is 52.7 Å². The second kappa shape index (κ2) is 9.12. The van der Waals surface area contributed by atoms with Crippen molar-refractivity contribution in [3.05, 3.63) is 35.6 Å². The zero-order valence-corrected chi connectivity index (χ0v) is 15.3. The molecular weight excluding hydrogens is 333 g/mol. The average Bonchev–Trinajstić information content (AvgIpc) is 3.05. The fraction of sp³-hybridized carbons (Fsp3) is 0.600. The molecule has 26 heavy (non-hydrogen) atoms. The Labute approximate surface area is 154 Å². The second-order valence-electron chi connectivity index (χ2n) is 7.26. The van der Waals surface area contributed by atoms with Gasteiger partial charge in [0.25, 0.3) is 0 Å². The van der Waals surface area contributed by atoms with Gasteiger partial charge in [-0.3, -0.25) is 14.5 Å². The first kappa shape index (κ1) is 18.8. The molecule has 1 N–H and O–H groups in total. The molecule has 0 saturated carbocycles. The van der Waals surface area contributed by atoms with E-state index >= 15 is 0 Å². The van der Waals surface area contributed by atoms with Gasteiger partial charge in [-0.25, -0.2) is 4.39 Å². The van der Waals surface area contributed by atoms with Crippen LogP contribution in [0, 0.1) is 5.82 Å². The lowest BCUT2D eigenvalue weighted by molar-refractivity contribution is -0.128. The summed E-state index contributed by atoms with van der Waals surface area (Å²) in [5.41, 5.74) is 0.503. The van der Waals surface area contributed by atoms with Gasteiger partial charge in [-0.05, 0) is 38.3 Å². The normalized spacial score (nSPS) is 21.2. The summed E-state index contributed by atoms with van der Waals surface area (Å²) in [6.45, 7) is 3.12. The van der Waals surface area contributed by atoms with E-state index in [4.69, 9.17) is 0 Å². The Bertz CT molecular complexity index is 637. The SMILES string of the molecule is O=C(CN1CCCC[C@H]1CCN1CCCC1=O)NCc1ccccc1F. The first-order chi connectivity index (χ1) is 12.6. The Hall–Kier alpha value is -1.95. The van der Waals surface area contributed by atoms with Gasteiger partial charge in [0, 0.05) is 37.7 Å². The molecule has 1 aromatic rings. The molecule has 0 unspecified atom stereocenters. The maximum absolute atomic E-state index is 13.6. The van der Waals surface area contributed by atoms with E-state index in [0.717, 1.165) is 45.3 Å². The Morgan fingerprint density at radius 2 is 2.04 bits per heavy atom. The van der Waals surface area contributed by atoms with Crippen LogP contribution >= 0.6 is 0 Å². The molecule has 0 radical (unpaired) electrons. The maximum atomic E-state index is 13.6. The summed E-state index contributed by atoms with van der Waals surface area (Å²) in [5, 5.41) is 2.83. The van der Waals surface area contributed by atoms with Crippen LogP contribution in [0.15, 0.2) is 24.3 Å². The van der Waals surface area contributed by atoms with Crippen LogP contribution in [0.4, 0.5) is 4.39 Å². The predicted molar refractivity (Wildman–Crippen MR) is 97.9 cm³/mol. The van der Waals surface area contributed by atoms with Gasteiger partial charge in [0.1, 0.15) is 5.82 Å². The zero-order valence-electron chi connectivity index (χ0n) is 15.3. The van der Waals surface area contributed by atoms with E-state index in [9.17, 15) is 14.0 Å². The highest BCUT2D eigenvalue weighted by molar-refractivity contribution is 5.78. The van der Waals surface area contributed by atoms with Crippen molar-refractivity contribution in [3.63, 3.8) is 0 Å². The second-order valence-corrected chi connectivity index (χ2v) is 7.26. The number of amides is 2. The highest BCUT2D eigenvalue weighted by Crippen LogP contribution is 2.21. The van der Waals surface area contributed by atoms with Gasteiger partial charge in [0.15, 0.2) is 0 Å². The number of piperidine rings is 1. The Morgan fingerprint density at radius 1 is 1.19 bits per heavy atom. The molecule has 1 aromatic carbocycles. The van der Waals surface area contributed by atoms with E-state index in [1.807, 2.05) is 4.90 Å². The molecule has 2 saturated heterocycles. The average molecular weight is 361 g/mol. The summed E-state index contributed by atoms with van der Waals surface area (Å²) >= 11 is 0. The largest absolute Gasteiger partial charge is 0.351 e. The lowest BCUT2D eigenvalue weighted by Crippen LogP contribution is -2.46. The summed E-state index contributed by atoms with van der Waals surface area (Å²) in [6.07, 6.45) is 5.90. The van der Waals surface area contributed by atoms with Crippen LogP contribution in [0.5, 0.6) is 0 Å². The van der Waals surface area contributed by atoms with Crippen LogP contribution in [0.1, 0.15) is 44.1 Å². The molecule has 0 bridgehead atoms. The smallest absolute Gasteiger partial charge is 0.234 e. The fourth-order valence-corrected chi connectivity index (χ4v) is 3.92. The third-order valence-corrected chi connectivity index (χ3v) is 5.43. The molecule has 2 aliphatic rings. The number of likely N-dealkylation sites (tertiary alicyclic amines) is 2. The molecule has 0 aromatic heterocycles. The van der Waals surface area contributed by atoms with Crippen molar-refractivity contribution in [2.75, 3.05) is 26.2 Å². The van der Waals surface area contributed by atoms with Crippen molar-refractivity contribution in [2.45, 2.75) is 51.1 Å². The molecule has 2 amide bonds. The summed E-state index contributed by atoms with van der Waals surface area (Å²) in [4.78, 5) is 28.3. The van der Waals surface area contributed by atoms with Crippen molar-refractivity contribution in [1.29, 1.82) is 0 Å². The summed E-state index contributed by atoms with van der Waals surface area (Å²) < 4.78 is 13.6. The lowest BCUT2D eigenvalue weighted by Gasteiger charge is -2.36. The van der Waals surface area contributed by atoms with E-state index in [2.05, 4.69) is 10.2 Å². The number of nitrogens with one attached hydrogen (secondary N) is 1. The van der Waals surface area contributed by atoms with Crippen LogP contribution in [-0.2, 0) is 16.1 Å². The summed E-state index contributed by atoms with van der Waals surface area (Å²) in [6, 6.07) is 6.85. The van der Waals surface area contributed by atoms with E-state index in [0.29, 0.717) is 24.6 Å². The number of hydrogen-bond acceptors (Lipinski definition) is 3. The van der Waals surface area contributed by atoms with Crippen molar-refractivity contribution >= 4 is 11.8 Å². The van der Waals surface area contributed by atoms with E-state index < -0.39 is 0 Å². The minimum atomic E-state index is -0.293. The van der Waals surface area contributed by atoms with Crippen LogP contribution in [0.3, 0.4) is 0 Å². The maximum Gasteiger partial charge on any atom is 0.234 e. The number of benzene rings is 1. The number of carbonyl (C=O) groups is 2. The third kappa shape index (κ3) is 5.04. The minimum Gasteiger partial charge on any atom is -0.351 e. The molecule has 6 heteroatoms. The van der Waals surface area contributed by atoms with Gasteiger partial charge in [-0.15, -0.1) is 0 Å². The lowest BCUT2D eigenvalue weighted by atomic mass is 9.99. The van der Waals surface area contributed by atoms with E-state index in [1.165, 1.54) is 12.5 Å². The molecular formula is C20H28FN3O2. The Kier molecular flexibility index (Phi) is 6.61. The number of nitrogens with zero attached hydrogens (tertiary/aromatic N) is 2. The van der Waals surface area contributed by atoms with Gasteiger partial charge < -0.3 is 10.2 Å². The molecule has 3 rings (SSSR count). The van der Waals surface area contributed by atoms with E-state index in [1.54, 1.807) is 18.2 Å². The Morgan fingerprint density at radius 3 is 2.81 bits per heavy atom. The van der Waals surface area contributed by atoms with Gasteiger partial charge >= 0.3 is 0 Å². The highest BCUT2D eigenvalue weighted by atomic mass is 19.1. The van der Waals surface area contributed by atoms with Gasteiger partial charge in [0.05, 0.1) is 6.54 Å². The molecule has 1 atom stereocenters. The quantitative estimate of drug-likeness (QED) is 0.811. The van der Waals surface area contributed by atoms with Crippen LogP contribution < -0.4 is 5.32 Å². The van der Waals surface area contributed by atoms with Crippen LogP contribution in [-0.4, -0.2) is 53.8 Å². The number of rotatable bonds is 7. The molecule has 142 valence electrons. The summed E-state index contributed by atoms with van der Waals surface area (Å²) in [7, 11) is 0. The minimum absolute atomic E-state index is 0.0719. The molecule has 0 spiro atoms. The van der Waals surface area contributed by atoms with Gasteiger partial charge in [-0.2, -0.15) is 0 Å². The van der Waals surface area contributed by atoms with Gasteiger partial charge in [-0.1, -0.05) is 24.6 Å². The number of carbonyl (C=O) groups excluding carboxylic acids is 2. The standard InChI is InChI=1S/C20H28FN3O2/c21-18-8-2-1-6-16(18)14-22-19(25)15-24-11-4-3-7-17(24)10-13-23-12-5-9-20(23)26/h1-2,6,8,17H,3-5,7,9-15H2,(H,22,25)/t17-/m0/s1. The Balaban J connectivity index is 1.47. The van der Waals surface area contributed by atoms with E-state index in [-0.39, 0.29) is 24.2 Å². The number of hydrogen-bond donors (Lipinski definition) is 1. The van der Waals surface area contributed by atoms with Gasteiger partial charge in [0.2, 0.25) is 11.8 Å². The zero-order chi connectivity index (χ0) is 18.4.